The van der Waals surface area contributed by atoms with E-state index in [-0.39, 0.29) is 17.7 Å². The fourth-order valence-electron chi connectivity index (χ4n) is 4.44. The molecule has 2 aromatic heterocycles. The van der Waals surface area contributed by atoms with Gasteiger partial charge in [-0.1, -0.05) is 36.4 Å². The molecule has 0 saturated carbocycles. The molecule has 3 heterocycles. The highest BCUT2D eigenvalue weighted by atomic mass is 16.5. The molecule has 8 heteroatoms. The molecular weight excluding hydrogens is 452 g/mol. The van der Waals surface area contributed by atoms with Crippen molar-refractivity contribution in [3.8, 4) is 28.3 Å². The van der Waals surface area contributed by atoms with Gasteiger partial charge in [0, 0.05) is 45.0 Å². The number of anilines is 1. The van der Waals surface area contributed by atoms with Crippen molar-refractivity contribution < 1.29 is 4.74 Å². The van der Waals surface area contributed by atoms with Crippen LogP contribution in [0.3, 0.4) is 0 Å². The molecule has 1 fully saturated rings. The average molecular weight is 483 g/mol. The van der Waals surface area contributed by atoms with Crippen LogP contribution in [-0.2, 0) is 7.05 Å². The normalized spacial score (nSPS) is 15.8. The van der Waals surface area contributed by atoms with Gasteiger partial charge in [-0.3, -0.25) is 9.36 Å². The molecule has 1 aliphatic rings. The molecule has 1 N–H and O–H groups in total. The van der Waals surface area contributed by atoms with Crippen molar-refractivity contribution in [2.24, 2.45) is 7.05 Å². The Bertz CT molecular complexity index is 1370. The lowest BCUT2D eigenvalue weighted by Gasteiger charge is -2.35. The van der Waals surface area contributed by atoms with Gasteiger partial charge in [0.15, 0.2) is 0 Å². The van der Waals surface area contributed by atoms with Crippen LogP contribution in [0, 0.1) is 0 Å². The molecule has 4 aromatic rings. The number of piperazine rings is 1. The van der Waals surface area contributed by atoms with E-state index in [0.29, 0.717) is 23.9 Å². The minimum atomic E-state index is -0.113. The average Bonchev–Trinajstić information content (AvgIpc) is 2.91. The highest BCUT2D eigenvalue weighted by Gasteiger charge is 2.24. The summed E-state index contributed by atoms with van der Waals surface area (Å²) < 4.78 is 7.35. The largest absolute Gasteiger partial charge is 0.491 e. The second-order valence-electron chi connectivity index (χ2n) is 9.20. The minimum Gasteiger partial charge on any atom is -0.491 e. The second-order valence-corrected chi connectivity index (χ2v) is 9.20. The Morgan fingerprint density at radius 3 is 2.39 bits per heavy atom. The molecule has 2 aromatic carbocycles. The lowest BCUT2D eigenvalue weighted by Crippen LogP contribution is -2.47. The zero-order valence-corrected chi connectivity index (χ0v) is 20.8. The van der Waals surface area contributed by atoms with Crippen LogP contribution < -0.4 is 20.5 Å². The summed E-state index contributed by atoms with van der Waals surface area (Å²) in [6, 6.07) is 20.2. The number of nitrogens with zero attached hydrogens (tertiary/aromatic N) is 5. The van der Waals surface area contributed by atoms with Crippen molar-refractivity contribution in [3.05, 3.63) is 89.1 Å². The van der Waals surface area contributed by atoms with Gasteiger partial charge in [0.2, 0.25) is 5.95 Å². The van der Waals surface area contributed by atoms with Crippen LogP contribution in [0.2, 0.25) is 0 Å². The molecule has 0 spiro atoms. The van der Waals surface area contributed by atoms with Crippen LogP contribution in [0.4, 0.5) is 5.95 Å². The molecule has 8 nitrogen and oxygen atoms in total. The van der Waals surface area contributed by atoms with Crippen molar-refractivity contribution >= 4 is 5.95 Å². The Kier molecular flexibility index (Phi) is 6.77. The zero-order valence-electron chi connectivity index (χ0n) is 20.8. The summed E-state index contributed by atoms with van der Waals surface area (Å²) in [4.78, 5) is 27.9. The van der Waals surface area contributed by atoms with Gasteiger partial charge in [0.1, 0.15) is 12.1 Å². The quantitative estimate of drug-likeness (QED) is 0.447. The van der Waals surface area contributed by atoms with E-state index in [1.165, 1.54) is 18.0 Å². The van der Waals surface area contributed by atoms with Gasteiger partial charge < -0.3 is 15.0 Å². The summed E-state index contributed by atoms with van der Waals surface area (Å²) >= 11 is 0. The van der Waals surface area contributed by atoms with Crippen LogP contribution in [0.5, 0.6) is 5.75 Å². The monoisotopic (exact) mass is 482 g/mol. The van der Waals surface area contributed by atoms with E-state index in [2.05, 4.69) is 56.6 Å². The topological polar surface area (TPSA) is 85.2 Å². The fourth-order valence-corrected chi connectivity index (χ4v) is 4.44. The van der Waals surface area contributed by atoms with Gasteiger partial charge >= 0.3 is 0 Å². The number of aromatic nitrogens is 4. The molecule has 0 bridgehead atoms. The standard InChI is InChI=1S/C28H30N6O2/c1-19(2)36-23-10-8-21(9-11-23)20-4-6-22(7-5-20)26-17-34(15-14-30-26)28-32-25(16-27(35)33(28)3)24-12-13-29-18-31-24/h4-13,16,18-19,26,30H,14-15,17H2,1-3H3. The van der Waals surface area contributed by atoms with E-state index >= 15 is 0 Å². The Labute approximate surface area is 210 Å². The summed E-state index contributed by atoms with van der Waals surface area (Å²) in [5.74, 6) is 1.52. The molecule has 1 aliphatic heterocycles. The van der Waals surface area contributed by atoms with E-state index in [9.17, 15) is 4.79 Å². The van der Waals surface area contributed by atoms with Gasteiger partial charge in [0.05, 0.1) is 17.5 Å². The van der Waals surface area contributed by atoms with Gasteiger partial charge in [-0.05, 0) is 48.7 Å². The van der Waals surface area contributed by atoms with Gasteiger partial charge in [-0.2, -0.15) is 0 Å². The Balaban J connectivity index is 1.34. The maximum Gasteiger partial charge on any atom is 0.255 e. The number of ether oxygens (including phenoxy) is 1. The Morgan fingerprint density at radius 2 is 1.72 bits per heavy atom. The third-order valence-electron chi connectivity index (χ3n) is 6.29. The number of benzene rings is 2. The van der Waals surface area contributed by atoms with Crippen molar-refractivity contribution in [2.75, 3.05) is 24.5 Å². The molecule has 1 unspecified atom stereocenters. The first kappa shape index (κ1) is 23.7. The van der Waals surface area contributed by atoms with Crippen molar-refractivity contribution in [1.29, 1.82) is 0 Å². The van der Waals surface area contributed by atoms with E-state index in [1.807, 2.05) is 26.0 Å². The third-order valence-corrected chi connectivity index (χ3v) is 6.29. The van der Waals surface area contributed by atoms with Crippen molar-refractivity contribution in [2.45, 2.75) is 26.0 Å². The van der Waals surface area contributed by atoms with Crippen LogP contribution in [0.15, 0.2) is 78.0 Å². The molecule has 0 amide bonds. The van der Waals surface area contributed by atoms with E-state index < -0.39 is 0 Å². The summed E-state index contributed by atoms with van der Waals surface area (Å²) in [5, 5.41) is 3.61. The lowest BCUT2D eigenvalue weighted by molar-refractivity contribution is 0.242. The van der Waals surface area contributed by atoms with E-state index in [4.69, 9.17) is 9.72 Å². The SMILES string of the molecule is CC(C)Oc1ccc(-c2ccc(C3CN(c4nc(-c5ccncn5)cc(=O)n4C)CCN3)cc2)cc1. The number of hydrogen-bond acceptors (Lipinski definition) is 7. The molecule has 1 saturated heterocycles. The first-order valence-electron chi connectivity index (χ1n) is 12.2. The highest BCUT2D eigenvalue weighted by Crippen LogP contribution is 2.27. The fraction of sp³-hybridized carbons (Fsp3) is 0.286. The molecule has 1 atom stereocenters. The molecule has 0 aliphatic carbocycles. The molecule has 0 radical (unpaired) electrons. The summed E-state index contributed by atoms with van der Waals surface area (Å²) in [6.45, 7) is 6.30. The van der Waals surface area contributed by atoms with Crippen LogP contribution >= 0.6 is 0 Å². The van der Waals surface area contributed by atoms with E-state index in [0.717, 1.165) is 30.0 Å². The predicted molar refractivity (Wildman–Crippen MR) is 141 cm³/mol. The van der Waals surface area contributed by atoms with Crippen LogP contribution in [0.1, 0.15) is 25.5 Å². The molecule has 36 heavy (non-hydrogen) atoms. The lowest BCUT2D eigenvalue weighted by atomic mass is 9.99. The first-order chi connectivity index (χ1) is 17.5. The number of hydrogen-bond donors (Lipinski definition) is 1. The molecule has 5 rings (SSSR count). The van der Waals surface area contributed by atoms with Gasteiger partial charge in [-0.25, -0.2) is 15.0 Å². The van der Waals surface area contributed by atoms with Gasteiger partial charge in [-0.15, -0.1) is 0 Å². The predicted octanol–water partition coefficient (Wildman–Crippen LogP) is 3.84. The second kappa shape index (κ2) is 10.3. The van der Waals surface area contributed by atoms with Crippen LogP contribution in [0.25, 0.3) is 22.5 Å². The van der Waals surface area contributed by atoms with E-state index in [1.54, 1.807) is 23.9 Å². The number of rotatable bonds is 6. The zero-order chi connectivity index (χ0) is 25.1. The number of nitrogens with one attached hydrogen (secondary N) is 1. The van der Waals surface area contributed by atoms with Gasteiger partial charge in [0.25, 0.3) is 5.56 Å². The Hall–Kier alpha value is -4.04. The molecular formula is C28H30N6O2. The maximum absolute atomic E-state index is 12.7. The Morgan fingerprint density at radius 1 is 1.00 bits per heavy atom. The van der Waals surface area contributed by atoms with Crippen molar-refractivity contribution in [1.82, 2.24) is 24.8 Å². The first-order valence-corrected chi connectivity index (χ1v) is 12.2. The van der Waals surface area contributed by atoms with Crippen molar-refractivity contribution in [3.63, 3.8) is 0 Å². The minimum absolute atomic E-state index is 0.113. The van der Waals surface area contributed by atoms with Crippen LogP contribution in [-0.4, -0.2) is 45.3 Å². The third kappa shape index (κ3) is 5.13. The molecule has 184 valence electrons. The summed E-state index contributed by atoms with van der Waals surface area (Å²) in [7, 11) is 1.76. The smallest absolute Gasteiger partial charge is 0.255 e. The maximum atomic E-state index is 12.7. The summed E-state index contributed by atoms with van der Waals surface area (Å²) in [6.07, 6.45) is 3.27. The summed E-state index contributed by atoms with van der Waals surface area (Å²) in [5.41, 5.74) is 4.58. The highest BCUT2D eigenvalue weighted by molar-refractivity contribution is 5.64.